The Bertz CT molecular complexity index is 1340. The van der Waals surface area contributed by atoms with Crippen molar-refractivity contribution in [2.24, 2.45) is 0 Å². The fourth-order valence-electron chi connectivity index (χ4n) is 4.03. The van der Waals surface area contributed by atoms with Gasteiger partial charge in [-0.25, -0.2) is 10.4 Å². The summed E-state index contributed by atoms with van der Waals surface area (Å²) in [6.45, 7) is 7.40. The molecule has 0 amide bonds. The first kappa shape index (κ1) is 29.2. The van der Waals surface area contributed by atoms with Crippen molar-refractivity contribution in [1.82, 2.24) is 0 Å². The molecule has 1 aliphatic carbocycles. The van der Waals surface area contributed by atoms with Gasteiger partial charge in [0.15, 0.2) is 0 Å². The van der Waals surface area contributed by atoms with Crippen LogP contribution >= 0.6 is 0 Å². The fraction of sp³-hybridized carbons (Fsp3) is 0.407. The first-order chi connectivity index (χ1) is 17.4. The van der Waals surface area contributed by atoms with E-state index in [1.807, 2.05) is 0 Å². The lowest BCUT2D eigenvalue weighted by Crippen LogP contribution is -2.40. The number of benzene rings is 2. The van der Waals surface area contributed by atoms with Gasteiger partial charge in [-0.15, -0.1) is 5.54 Å². The number of ketones is 2. The summed E-state index contributed by atoms with van der Waals surface area (Å²) in [5.41, 5.74) is 4.01. The molecule has 0 bridgehead atoms. The number of aromatic hydroxyl groups is 2. The smallest absolute Gasteiger partial charge is 0.200 e. The minimum Gasteiger partial charge on any atom is -0.507 e. The van der Waals surface area contributed by atoms with E-state index in [4.69, 9.17) is 0 Å². The third-order valence-corrected chi connectivity index (χ3v) is 6.78. The van der Waals surface area contributed by atoms with Crippen molar-refractivity contribution in [3.05, 3.63) is 46.0 Å². The summed E-state index contributed by atoms with van der Waals surface area (Å²) in [4.78, 5) is 27.7. The van der Waals surface area contributed by atoms with Crippen LogP contribution in [0.4, 0.5) is 11.4 Å². The van der Waals surface area contributed by atoms with Crippen molar-refractivity contribution < 1.29 is 39.5 Å². The first-order valence-electron chi connectivity index (χ1n) is 12.4. The number of hydroxylamine groups is 6. The average molecular weight is 543 g/mol. The maximum atomic E-state index is 13.9. The molecule has 3 rings (SSSR count). The number of fused-ring (bicyclic) bond motifs is 2. The fourth-order valence-corrected chi connectivity index (χ4v) is 4.54. The Kier molecular flexibility index (Phi) is 7.98. The summed E-state index contributed by atoms with van der Waals surface area (Å²) in [7, 11) is 4.61. The molecule has 38 heavy (non-hydrogen) atoms. The highest BCUT2D eigenvalue weighted by atomic mass is 28.3. The number of nitrogens with zero attached hydrogens (tertiary/aromatic N) is 2. The molecule has 0 aromatic heterocycles. The molecule has 2 aromatic carbocycles. The molecule has 1 aliphatic rings. The molecular formula is C27H38N4O6Si+2. The van der Waals surface area contributed by atoms with Crippen LogP contribution in [0.2, 0.25) is 19.6 Å². The van der Waals surface area contributed by atoms with Gasteiger partial charge in [-0.05, 0) is 18.2 Å². The van der Waals surface area contributed by atoms with E-state index in [1.165, 1.54) is 12.1 Å². The maximum Gasteiger partial charge on any atom is 0.200 e. The summed E-state index contributed by atoms with van der Waals surface area (Å²) in [5, 5.41) is 47.7. The number of anilines is 2. The number of quaternary nitrogens is 2. The number of likely N-dealkylation sites (N-methyl/N-ethyl adjacent to an activating group) is 2. The monoisotopic (exact) mass is 542 g/mol. The number of rotatable bonds is 8. The normalized spacial score (nSPS) is 13.4. The topological polar surface area (TPSA) is 139 Å². The molecule has 10 nitrogen and oxygen atoms in total. The molecule has 0 aliphatic heterocycles. The van der Waals surface area contributed by atoms with Crippen LogP contribution in [0.3, 0.4) is 0 Å². The average Bonchev–Trinajstić information content (AvgIpc) is 2.75. The number of carbonyl (C=O) groups is 2. The molecule has 2 aromatic rings. The molecule has 0 spiro atoms. The predicted molar refractivity (Wildman–Crippen MR) is 148 cm³/mol. The highest BCUT2D eigenvalue weighted by Gasteiger charge is 2.39. The number of phenolic OH excluding ortho intramolecular Hbond substituents is 2. The zero-order valence-electron chi connectivity index (χ0n) is 23.1. The number of carbonyl (C=O) groups excluding carboxylic acids is 2. The van der Waals surface area contributed by atoms with Gasteiger partial charge in [0.25, 0.3) is 0 Å². The number of phenols is 2. The highest BCUT2D eigenvalue weighted by Crippen LogP contribution is 2.43. The molecule has 0 atom stereocenters. The van der Waals surface area contributed by atoms with Gasteiger partial charge >= 0.3 is 0 Å². The van der Waals surface area contributed by atoms with Crippen molar-refractivity contribution >= 4 is 31.0 Å². The Balaban J connectivity index is 2.31. The van der Waals surface area contributed by atoms with Crippen LogP contribution in [0.5, 0.6) is 11.5 Å². The van der Waals surface area contributed by atoms with Gasteiger partial charge in [-0.3, -0.25) is 9.59 Å². The molecule has 0 saturated heterocycles. The SMILES string of the molecule is C[N+](C)(O)CCNc1cc(C#C[Si](C)(C)C)c(NCC[N+](C)(C)O)c2c1C(=O)c1c(O)ccc(O)c1C2=O. The summed E-state index contributed by atoms with van der Waals surface area (Å²) in [6, 6.07) is 4.05. The lowest BCUT2D eigenvalue weighted by atomic mass is 9.80. The Morgan fingerprint density at radius 1 is 0.789 bits per heavy atom. The molecule has 0 unspecified atom stereocenters. The van der Waals surface area contributed by atoms with E-state index in [9.17, 15) is 30.2 Å². The van der Waals surface area contributed by atoms with E-state index in [2.05, 4.69) is 41.7 Å². The van der Waals surface area contributed by atoms with Crippen molar-refractivity contribution in [3.63, 3.8) is 0 Å². The Hall–Kier alpha value is -3.40. The van der Waals surface area contributed by atoms with Gasteiger partial charge < -0.3 is 20.8 Å². The molecule has 6 N–H and O–H groups in total. The van der Waals surface area contributed by atoms with Gasteiger partial charge in [-0.2, -0.15) is 9.29 Å². The van der Waals surface area contributed by atoms with Gasteiger partial charge in [0.2, 0.25) is 11.6 Å². The van der Waals surface area contributed by atoms with E-state index in [0.717, 1.165) is 0 Å². The Morgan fingerprint density at radius 3 is 1.74 bits per heavy atom. The van der Waals surface area contributed by atoms with Gasteiger partial charge in [0.05, 0.1) is 69.2 Å². The Morgan fingerprint density at radius 2 is 1.26 bits per heavy atom. The van der Waals surface area contributed by atoms with E-state index in [-0.39, 0.29) is 44.6 Å². The molecule has 204 valence electrons. The number of hydrogen-bond acceptors (Lipinski definition) is 8. The second-order valence-corrected chi connectivity index (χ2v) is 16.4. The van der Waals surface area contributed by atoms with Crippen molar-refractivity contribution in [1.29, 1.82) is 0 Å². The molecule has 0 heterocycles. The third-order valence-electron chi connectivity index (χ3n) is 5.90. The van der Waals surface area contributed by atoms with Crippen LogP contribution < -0.4 is 10.6 Å². The largest absolute Gasteiger partial charge is 0.507 e. The van der Waals surface area contributed by atoms with Crippen molar-refractivity contribution in [2.75, 3.05) is 65.0 Å². The summed E-state index contributed by atoms with van der Waals surface area (Å²) in [5.74, 6) is 1.14. The van der Waals surface area contributed by atoms with E-state index in [0.29, 0.717) is 30.0 Å². The van der Waals surface area contributed by atoms with Crippen LogP contribution in [0.25, 0.3) is 0 Å². The minimum atomic E-state index is -1.84. The number of nitrogens with one attached hydrogen (secondary N) is 2. The summed E-state index contributed by atoms with van der Waals surface area (Å²) in [6.07, 6.45) is 0. The molecule has 0 radical (unpaired) electrons. The van der Waals surface area contributed by atoms with Crippen molar-refractivity contribution in [3.8, 4) is 23.0 Å². The van der Waals surface area contributed by atoms with Crippen LogP contribution in [0.15, 0.2) is 18.2 Å². The van der Waals surface area contributed by atoms with E-state index in [1.54, 1.807) is 34.3 Å². The van der Waals surface area contributed by atoms with E-state index >= 15 is 0 Å². The highest BCUT2D eigenvalue weighted by molar-refractivity contribution is 6.83. The molecule has 0 saturated carbocycles. The lowest BCUT2D eigenvalue weighted by Gasteiger charge is -2.27. The zero-order valence-corrected chi connectivity index (χ0v) is 24.1. The summed E-state index contributed by atoms with van der Waals surface area (Å²) >= 11 is 0. The van der Waals surface area contributed by atoms with Crippen LogP contribution in [0, 0.1) is 11.5 Å². The van der Waals surface area contributed by atoms with E-state index < -0.39 is 31.1 Å². The molecule has 11 heteroatoms. The predicted octanol–water partition coefficient (Wildman–Crippen LogP) is 2.86. The summed E-state index contributed by atoms with van der Waals surface area (Å²) < 4.78 is -0.624. The zero-order chi connectivity index (χ0) is 28.6. The van der Waals surface area contributed by atoms with Gasteiger partial charge in [0.1, 0.15) is 32.7 Å². The lowest BCUT2D eigenvalue weighted by molar-refractivity contribution is -1.07. The number of hydrogen-bond donors (Lipinski definition) is 6. The minimum absolute atomic E-state index is 0.0364. The molecular weight excluding hydrogens is 504 g/mol. The third kappa shape index (κ3) is 6.72. The van der Waals surface area contributed by atoms with Crippen LogP contribution in [-0.2, 0) is 0 Å². The van der Waals surface area contributed by atoms with Crippen LogP contribution in [-0.4, -0.2) is 104 Å². The first-order valence-corrected chi connectivity index (χ1v) is 15.9. The standard InChI is InChI=1S/C27H36N4O6Si/c1-30(2,36)13-11-28-18-16-17(10-15-38(5,6)7)25(29-12-14-31(3,4)37)24-21(18)26(34)22-19(32)8-9-20(33)23(22)27(24)35/h8-9,16,36-37H,11-14H2,1-7H3,(H2-2,28,29,32,33,34,35)/p+2. The van der Waals surface area contributed by atoms with Crippen LogP contribution in [0.1, 0.15) is 37.4 Å². The molecule has 0 fully saturated rings. The van der Waals surface area contributed by atoms with Gasteiger partial charge in [0, 0.05) is 11.3 Å². The maximum absolute atomic E-state index is 13.9. The second kappa shape index (κ2) is 10.4. The Labute approximate surface area is 224 Å². The van der Waals surface area contributed by atoms with Crippen molar-refractivity contribution in [2.45, 2.75) is 19.6 Å². The second-order valence-electron chi connectivity index (χ2n) is 11.7. The van der Waals surface area contributed by atoms with Gasteiger partial charge in [-0.1, -0.05) is 25.6 Å². The quantitative estimate of drug-likeness (QED) is 0.0840.